The van der Waals surface area contributed by atoms with Gasteiger partial charge < -0.3 is 25.0 Å². The van der Waals surface area contributed by atoms with E-state index >= 15 is 0 Å². The molecule has 0 saturated carbocycles. The van der Waals surface area contributed by atoms with E-state index in [1.807, 2.05) is 24.3 Å². The van der Waals surface area contributed by atoms with Crippen molar-refractivity contribution in [3.8, 4) is 23.6 Å². The summed E-state index contributed by atoms with van der Waals surface area (Å²) in [6, 6.07) is 11.9. The number of hydrogen-bond acceptors (Lipinski definition) is 8. The first-order valence-electron chi connectivity index (χ1n) is 16.9. The number of halogens is 1. The zero-order chi connectivity index (χ0) is 32.9. The van der Waals surface area contributed by atoms with Gasteiger partial charge in [-0.1, -0.05) is 88.9 Å². The largest absolute Gasteiger partial charge is 0.491 e. The van der Waals surface area contributed by atoms with Crippen LogP contribution in [0.15, 0.2) is 34.1 Å². The second-order valence-electron chi connectivity index (χ2n) is 11.4. The number of hydrogen-bond donors (Lipinski definition) is 1. The lowest BCUT2D eigenvalue weighted by atomic mass is 10.1. The Labute approximate surface area is 282 Å². The smallest absolute Gasteiger partial charge is 0.158 e. The molecule has 2 aromatic carbocycles. The Hall–Kier alpha value is -2.62. The van der Waals surface area contributed by atoms with Crippen molar-refractivity contribution < 1.29 is 9.47 Å². The van der Waals surface area contributed by atoms with Crippen molar-refractivity contribution in [2.45, 2.75) is 102 Å². The molecule has 2 N–H and O–H groups in total. The molecule has 45 heavy (non-hydrogen) atoms. The number of nitriles is 2. The minimum atomic E-state index is 0.115. The van der Waals surface area contributed by atoms with Crippen LogP contribution < -0.4 is 15.2 Å². The van der Waals surface area contributed by atoms with Crippen LogP contribution in [0.3, 0.4) is 0 Å². The molecule has 0 unspecified atom stereocenters. The average molecular weight is 656 g/mol. The lowest BCUT2D eigenvalue weighted by molar-refractivity contribution is 0.224. The van der Waals surface area contributed by atoms with Gasteiger partial charge in [-0.2, -0.15) is 10.5 Å². The predicted molar refractivity (Wildman–Crippen MR) is 189 cm³/mol. The number of rotatable bonds is 24. The minimum absolute atomic E-state index is 0.115. The molecule has 0 radical (unpaired) electrons. The highest BCUT2D eigenvalue weighted by atomic mass is 35.5. The first-order chi connectivity index (χ1) is 21.9. The van der Waals surface area contributed by atoms with Crippen LogP contribution in [-0.4, -0.2) is 62.3 Å². The third-order valence-corrected chi connectivity index (χ3v) is 9.36. The van der Waals surface area contributed by atoms with E-state index in [9.17, 15) is 10.5 Å². The van der Waals surface area contributed by atoms with Crippen LogP contribution in [0.1, 0.15) is 103 Å². The van der Waals surface area contributed by atoms with E-state index in [2.05, 4.69) is 49.6 Å². The normalized spacial score (nSPS) is 11.1. The second-order valence-corrected chi connectivity index (χ2v) is 12.8. The fourth-order valence-electron chi connectivity index (χ4n) is 5.04. The summed E-state index contributed by atoms with van der Waals surface area (Å²) in [5.74, 6) is 0.553. The fraction of sp³-hybridized carbons (Fsp3) is 0.611. The van der Waals surface area contributed by atoms with Crippen molar-refractivity contribution in [2.75, 3.05) is 58.2 Å². The molecule has 0 bridgehead atoms. The standard InChI is InChI=1S/C36H54ClN5O2S/c1-5-9-19-41(20-10-6-2)23-15-25-43-34-29(27-38)30(28-39)35(36(33(34)37)45-32-18-14-13-17-31(32)40)44-26-16-24-42(21-11-7-3)22-12-8-4/h13-14,17-18H,5-12,15-16,19-26,40H2,1-4H3. The molecule has 0 aromatic heterocycles. The van der Waals surface area contributed by atoms with Gasteiger partial charge in [-0.3, -0.25) is 0 Å². The molecule has 9 heteroatoms. The predicted octanol–water partition coefficient (Wildman–Crippen LogP) is 9.16. The van der Waals surface area contributed by atoms with Crippen molar-refractivity contribution in [3.63, 3.8) is 0 Å². The number of unbranched alkanes of at least 4 members (excludes halogenated alkanes) is 4. The van der Waals surface area contributed by atoms with Gasteiger partial charge in [-0.25, -0.2) is 0 Å². The van der Waals surface area contributed by atoms with Gasteiger partial charge in [0.25, 0.3) is 0 Å². The Balaban J connectivity index is 2.34. The SMILES string of the molecule is CCCCN(CCCC)CCCOc1c(Cl)c(Sc2ccccc2N)c(OCCCN(CCCC)CCCC)c(C#N)c1C#N. The van der Waals surface area contributed by atoms with Gasteiger partial charge >= 0.3 is 0 Å². The summed E-state index contributed by atoms with van der Waals surface area (Å²) in [5, 5.41) is 20.8. The lowest BCUT2D eigenvalue weighted by Gasteiger charge is -2.23. The number of nitrogen functional groups attached to an aromatic ring is 1. The topological polar surface area (TPSA) is 98.5 Å². The van der Waals surface area contributed by atoms with Crippen molar-refractivity contribution in [3.05, 3.63) is 40.4 Å². The first kappa shape index (κ1) is 38.6. The van der Waals surface area contributed by atoms with E-state index in [-0.39, 0.29) is 21.9 Å². The Morgan fingerprint density at radius 3 is 1.56 bits per heavy atom. The summed E-state index contributed by atoms with van der Waals surface area (Å²) in [5.41, 5.74) is 7.16. The summed E-state index contributed by atoms with van der Waals surface area (Å²) in [7, 11) is 0. The summed E-state index contributed by atoms with van der Waals surface area (Å²) < 4.78 is 12.5. The van der Waals surface area contributed by atoms with E-state index in [1.54, 1.807) is 0 Å². The highest BCUT2D eigenvalue weighted by Crippen LogP contribution is 2.49. The number of ether oxygens (including phenoxy) is 2. The molecule has 0 aliphatic heterocycles. The van der Waals surface area contributed by atoms with Crippen LogP contribution in [0.25, 0.3) is 0 Å². The maximum Gasteiger partial charge on any atom is 0.158 e. The molecule has 2 aromatic rings. The van der Waals surface area contributed by atoms with Gasteiger partial charge in [0.1, 0.15) is 28.3 Å². The maximum atomic E-state index is 10.3. The van der Waals surface area contributed by atoms with E-state index in [0.29, 0.717) is 29.5 Å². The van der Waals surface area contributed by atoms with Crippen LogP contribution in [0.2, 0.25) is 5.02 Å². The molecule has 0 saturated heterocycles. The number of para-hydroxylation sites is 1. The van der Waals surface area contributed by atoms with E-state index < -0.39 is 0 Å². The van der Waals surface area contributed by atoms with E-state index in [4.69, 9.17) is 26.8 Å². The lowest BCUT2D eigenvalue weighted by Crippen LogP contribution is -2.28. The Kier molecular flexibility index (Phi) is 19.6. The number of anilines is 1. The van der Waals surface area contributed by atoms with Crippen LogP contribution in [0.4, 0.5) is 5.69 Å². The summed E-state index contributed by atoms with van der Waals surface area (Å²) in [4.78, 5) is 6.29. The molecular formula is C36H54ClN5O2S. The molecule has 0 amide bonds. The summed E-state index contributed by atoms with van der Waals surface area (Å²) >= 11 is 8.38. The second kappa shape index (κ2) is 22.8. The highest BCUT2D eigenvalue weighted by molar-refractivity contribution is 7.99. The maximum absolute atomic E-state index is 10.3. The van der Waals surface area contributed by atoms with Crippen LogP contribution in [0.5, 0.6) is 11.5 Å². The van der Waals surface area contributed by atoms with Gasteiger partial charge in [0.15, 0.2) is 11.5 Å². The van der Waals surface area contributed by atoms with E-state index in [1.165, 1.54) is 37.4 Å². The van der Waals surface area contributed by atoms with Crippen molar-refractivity contribution in [2.24, 2.45) is 0 Å². The van der Waals surface area contributed by atoms with Gasteiger partial charge in [-0.05, 0) is 76.8 Å². The number of benzene rings is 2. The Morgan fingerprint density at radius 1 is 0.689 bits per heavy atom. The molecule has 0 aliphatic rings. The van der Waals surface area contributed by atoms with Crippen LogP contribution in [-0.2, 0) is 0 Å². The fourth-order valence-corrected chi connectivity index (χ4v) is 6.38. The summed E-state index contributed by atoms with van der Waals surface area (Å²) in [6.45, 7) is 15.7. The molecule has 0 aliphatic carbocycles. The monoisotopic (exact) mass is 655 g/mol. The van der Waals surface area contributed by atoms with Crippen LogP contribution >= 0.6 is 23.4 Å². The van der Waals surface area contributed by atoms with Gasteiger partial charge in [0.2, 0.25) is 0 Å². The zero-order valence-corrected chi connectivity index (χ0v) is 29.6. The van der Waals surface area contributed by atoms with Gasteiger partial charge in [0.05, 0.1) is 18.1 Å². The van der Waals surface area contributed by atoms with Crippen LogP contribution in [0, 0.1) is 22.7 Å². The average Bonchev–Trinajstić information content (AvgIpc) is 3.05. The number of nitrogens with two attached hydrogens (primary N) is 1. The Bertz CT molecular complexity index is 1210. The molecule has 7 nitrogen and oxygen atoms in total. The van der Waals surface area contributed by atoms with Crippen molar-refractivity contribution >= 4 is 29.1 Å². The molecule has 248 valence electrons. The quantitative estimate of drug-likeness (QED) is 0.0883. The molecule has 0 atom stereocenters. The van der Waals surface area contributed by atoms with E-state index in [0.717, 1.165) is 82.7 Å². The molecule has 0 spiro atoms. The Morgan fingerprint density at radius 2 is 1.11 bits per heavy atom. The molecule has 0 fully saturated rings. The third kappa shape index (κ3) is 13.0. The number of nitrogens with zero attached hydrogens (tertiary/aromatic N) is 4. The molecule has 2 rings (SSSR count). The molecular weight excluding hydrogens is 602 g/mol. The third-order valence-electron chi connectivity index (χ3n) is 7.71. The summed E-state index contributed by atoms with van der Waals surface area (Å²) in [6.07, 6.45) is 10.9. The highest BCUT2D eigenvalue weighted by Gasteiger charge is 2.27. The molecule has 0 heterocycles. The van der Waals surface area contributed by atoms with Crippen molar-refractivity contribution in [1.29, 1.82) is 10.5 Å². The van der Waals surface area contributed by atoms with Crippen molar-refractivity contribution in [1.82, 2.24) is 9.80 Å². The van der Waals surface area contributed by atoms with Gasteiger partial charge in [0, 0.05) is 23.7 Å². The minimum Gasteiger partial charge on any atom is -0.491 e. The zero-order valence-electron chi connectivity index (χ0n) is 28.0. The van der Waals surface area contributed by atoms with Gasteiger partial charge in [-0.15, -0.1) is 0 Å². The first-order valence-corrected chi connectivity index (χ1v) is 18.1.